The van der Waals surface area contributed by atoms with Crippen LogP contribution in [0.3, 0.4) is 0 Å². The third-order valence-electron chi connectivity index (χ3n) is 2.68. The second kappa shape index (κ2) is 6.01. The number of ether oxygens (including phenoxy) is 1. The van der Waals surface area contributed by atoms with Gasteiger partial charge in [-0.2, -0.15) is 0 Å². The lowest BCUT2D eigenvalue weighted by Crippen LogP contribution is -2.08. The molecule has 104 valence electrons. The maximum Gasteiger partial charge on any atom is 0.200 e. The van der Waals surface area contributed by atoms with Gasteiger partial charge in [0.1, 0.15) is 17.4 Å². The molecule has 0 N–H and O–H groups in total. The minimum atomic E-state index is -0.660. The van der Waals surface area contributed by atoms with Crippen molar-refractivity contribution in [2.24, 2.45) is 0 Å². The highest BCUT2D eigenvalue weighted by Gasteiger charge is 2.22. The van der Waals surface area contributed by atoms with Crippen molar-refractivity contribution in [1.82, 2.24) is 0 Å². The Labute approximate surface area is 131 Å². The summed E-state index contributed by atoms with van der Waals surface area (Å²) in [5.74, 6) is -1.77. The molecule has 0 aromatic heterocycles. The van der Waals surface area contributed by atoms with Gasteiger partial charge in [-0.15, -0.1) is 0 Å². The predicted octanol–water partition coefficient (Wildman–Crippen LogP) is 4.73. The van der Waals surface area contributed by atoms with Crippen molar-refractivity contribution in [3.05, 3.63) is 62.0 Å². The molecule has 0 aliphatic carbocycles. The third-order valence-corrected chi connectivity index (χ3v) is 3.95. The normalized spacial score (nSPS) is 10.4. The molecule has 2 aromatic rings. The minimum absolute atomic E-state index is 0.0471. The van der Waals surface area contributed by atoms with Crippen LogP contribution in [0.15, 0.2) is 39.3 Å². The number of rotatable bonds is 3. The van der Waals surface area contributed by atoms with Crippen LogP contribution in [0.5, 0.6) is 5.75 Å². The number of halogens is 4. The summed E-state index contributed by atoms with van der Waals surface area (Å²) >= 11 is 6.14. The smallest absolute Gasteiger partial charge is 0.200 e. The zero-order chi connectivity index (χ0) is 14.9. The van der Waals surface area contributed by atoms with Crippen LogP contribution in [-0.2, 0) is 0 Å². The first-order valence-corrected chi connectivity index (χ1v) is 7.06. The maximum absolute atomic E-state index is 13.8. The number of carbonyl (C=O) groups excluding carboxylic acids is 1. The second-order valence-corrected chi connectivity index (χ2v) is 5.60. The van der Waals surface area contributed by atoms with Gasteiger partial charge >= 0.3 is 0 Å². The molecule has 2 rings (SSSR count). The highest BCUT2D eigenvalue weighted by atomic mass is 79.9. The lowest BCUT2D eigenvalue weighted by atomic mass is 10.0. The summed E-state index contributed by atoms with van der Waals surface area (Å²) in [7, 11) is 1.32. The van der Waals surface area contributed by atoms with Crippen LogP contribution in [0.1, 0.15) is 15.9 Å². The Balaban J connectivity index is 2.62. The van der Waals surface area contributed by atoms with E-state index >= 15 is 0 Å². The maximum atomic E-state index is 13.8. The summed E-state index contributed by atoms with van der Waals surface area (Å²) in [5, 5.41) is 0. The molecule has 20 heavy (non-hydrogen) atoms. The van der Waals surface area contributed by atoms with Gasteiger partial charge in [-0.1, -0.05) is 6.07 Å². The van der Waals surface area contributed by atoms with Crippen LogP contribution >= 0.6 is 31.9 Å². The Hall–Kier alpha value is -1.27. The summed E-state index contributed by atoms with van der Waals surface area (Å²) in [5.41, 5.74) is -0.0455. The molecule has 0 atom stereocenters. The zero-order valence-corrected chi connectivity index (χ0v) is 13.4. The van der Waals surface area contributed by atoms with Crippen LogP contribution in [0.2, 0.25) is 0 Å². The van der Waals surface area contributed by atoms with Crippen molar-refractivity contribution in [1.29, 1.82) is 0 Å². The molecule has 0 saturated heterocycles. The molecular formula is C14H8Br2F2O2. The second-order valence-electron chi connectivity index (χ2n) is 3.89. The molecule has 0 saturated carbocycles. The minimum Gasteiger partial charge on any atom is -0.496 e. The van der Waals surface area contributed by atoms with Gasteiger partial charge in [0.15, 0.2) is 0 Å². The van der Waals surface area contributed by atoms with Crippen LogP contribution in [0.4, 0.5) is 8.78 Å². The summed E-state index contributed by atoms with van der Waals surface area (Å²) in [4.78, 5) is 12.4. The van der Waals surface area contributed by atoms with Crippen LogP contribution in [0, 0.1) is 11.6 Å². The quantitative estimate of drug-likeness (QED) is 0.690. The van der Waals surface area contributed by atoms with E-state index in [0.29, 0.717) is 4.47 Å². The molecule has 0 radical (unpaired) electrons. The van der Waals surface area contributed by atoms with E-state index in [0.717, 1.165) is 6.07 Å². The van der Waals surface area contributed by atoms with Crippen molar-refractivity contribution in [3.63, 3.8) is 0 Å². The van der Waals surface area contributed by atoms with Gasteiger partial charge in [0.05, 0.1) is 22.7 Å². The first-order valence-electron chi connectivity index (χ1n) is 5.47. The van der Waals surface area contributed by atoms with Crippen molar-refractivity contribution >= 4 is 37.6 Å². The van der Waals surface area contributed by atoms with E-state index in [1.165, 1.54) is 25.3 Å². The monoisotopic (exact) mass is 404 g/mol. The van der Waals surface area contributed by atoms with Crippen LogP contribution in [0.25, 0.3) is 0 Å². The summed E-state index contributed by atoms with van der Waals surface area (Å²) in [6.45, 7) is 0. The SMILES string of the molecule is COc1cc(F)c(Br)cc1C(=O)c1c(F)cccc1Br. The number of hydrogen-bond donors (Lipinski definition) is 0. The summed E-state index contributed by atoms with van der Waals surface area (Å²) in [6, 6.07) is 6.57. The van der Waals surface area contributed by atoms with Crippen LogP contribution < -0.4 is 4.74 Å². The lowest BCUT2D eigenvalue weighted by molar-refractivity contribution is 0.103. The highest BCUT2D eigenvalue weighted by molar-refractivity contribution is 9.10. The average Bonchev–Trinajstić information content (AvgIpc) is 2.41. The van der Waals surface area contributed by atoms with E-state index in [-0.39, 0.29) is 21.3 Å². The molecule has 2 aromatic carbocycles. The van der Waals surface area contributed by atoms with E-state index in [2.05, 4.69) is 31.9 Å². The highest BCUT2D eigenvalue weighted by Crippen LogP contribution is 2.31. The molecule has 0 spiro atoms. The molecule has 0 aliphatic rings. The molecule has 0 fully saturated rings. The van der Waals surface area contributed by atoms with E-state index in [1.54, 1.807) is 6.07 Å². The molecule has 6 heteroatoms. The number of carbonyl (C=O) groups is 1. The molecule has 0 unspecified atom stereocenters. The van der Waals surface area contributed by atoms with Crippen molar-refractivity contribution < 1.29 is 18.3 Å². The zero-order valence-electron chi connectivity index (χ0n) is 10.2. The number of ketones is 1. The van der Waals surface area contributed by atoms with Gasteiger partial charge in [0.2, 0.25) is 5.78 Å². The fourth-order valence-electron chi connectivity index (χ4n) is 1.72. The van der Waals surface area contributed by atoms with Gasteiger partial charge < -0.3 is 4.74 Å². The lowest BCUT2D eigenvalue weighted by Gasteiger charge is -2.10. The van der Waals surface area contributed by atoms with E-state index < -0.39 is 17.4 Å². The Morgan fingerprint density at radius 1 is 1.10 bits per heavy atom. The topological polar surface area (TPSA) is 26.3 Å². The Morgan fingerprint density at radius 2 is 1.80 bits per heavy atom. The van der Waals surface area contributed by atoms with Gasteiger partial charge in [0.25, 0.3) is 0 Å². The first kappa shape index (κ1) is 15.1. The Morgan fingerprint density at radius 3 is 2.40 bits per heavy atom. The first-order chi connectivity index (χ1) is 9.45. The summed E-state index contributed by atoms with van der Waals surface area (Å²) < 4.78 is 32.7. The Kier molecular flexibility index (Phi) is 4.55. The van der Waals surface area contributed by atoms with E-state index in [1.807, 2.05) is 0 Å². The standard InChI is InChI=1S/C14H8Br2F2O2/c1-20-12-6-11(18)9(16)5-7(12)14(19)13-8(15)3-2-4-10(13)17/h2-6H,1H3. The van der Waals surface area contributed by atoms with Crippen molar-refractivity contribution in [2.45, 2.75) is 0 Å². The van der Waals surface area contributed by atoms with Gasteiger partial charge in [0, 0.05) is 10.5 Å². The van der Waals surface area contributed by atoms with Crippen molar-refractivity contribution in [3.8, 4) is 5.75 Å². The van der Waals surface area contributed by atoms with Gasteiger partial charge in [-0.3, -0.25) is 4.79 Å². The number of methoxy groups -OCH3 is 1. The van der Waals surface area contributed by atoms with Gasteiger partial charge in [-0.05, 0) is 50.1 Å². The average molecular weight is 406 g/mol. The molecular weight excluding hydrogens is 398 g/mol. The number of benzene rings is 2. The molecule has 0 bridgehead atoms. The van der Waals surface area contributed by atoms with Crippen LogP contribution in [-0.4, -0.2) is 12.9 Å². The molecule has 2 nitrogen and oxygen atoms in total. The fourth-order valence-corrected chi connectivity index (χ4v) is 2.59. The predicted molar refractivity (Wildman–Crippen MR) is 78.2 cm³/mol. The molecule has 0 amide bonds. The summed E-state index contributed by atoms with van der Waals surface area (Å²) in [6.07, 6.45) is 0. The van der Waals surface area contributed by atoms with E-state index in [9.17, 15) is 13.6 Å². The fraction of sp³-hybridized carbons (Fsp3) is 0.0714. The molecule has 0 heterocycles. The number of hydrogen-bond acceptors (Lipinski definition) is 2. The largest absolute Gasteiger partial charge is 0.496 e. The third kappa shape index (κ3) is 2.76. The molecule has 0 aliphatic heterocycles. The van der Waals surface area contributed by atoms with Crippen molar-refractivity contribution in [2.75, 3.05) is 7.11 Å². The van der Waals surface area contributed by atoms with E-state index in [4.69, 9.17) is 4.74 Å². The Bertz CT molecular complexity index is 667. The van der Waals surface area contributed by atoms with Gasteiger partial charge in [-0.25, -0.2) is 8.78 Å².